The molecule has 3 aromatic rings. The van der Waals surface area contributed by atoms with E-state index in [-0.39, 0.29) is 18.3 Å². The number of aryl methyl sites for hydroxylation is 1. The minimum atomic E-state index is -0.798. The van der Waals surface area contributed by atoms with Crippen molar-refractivity contribution in [3.05, 3.63) is 88.2 Å². The van der Waals surface area contributed by atoms with Gasteiger partial charge in [0.1, 0.15) is 11.9 Å². The SMILES string of the molecule is CCCC(Oc1ccc(C(=O)c2cc(CCCC(=O)O)n(C)c2CC)cc1)c1ccc(CC(C)C)cc1. The predicted octanol–water partition coefficient (Wildman–Crippen LogP) is 7.34. The molecule has 0 saturated carbocycles. The van der Waals surface area contributed by atoms with Gasteiger partial charge >= 0.3 is 5.97 Å². The van der Waals surface area contributed by atoms with Gasteiger partial charge in [-0.3, -0.25) is 9.59 Å². The fourth-order valence-corrected chi connectivity index (χ4v) is 4.89. The van der Waals surface area contributed by atoms with Gasteiger partial charge in [0, 0.05) is 36.0 Å². The van der Waals surface area contributed by atoms with Gasteiger partial charge in [0.05, 0.1) is 0 Å². The summed E-state index contributed by atoms with van der Waals surface area (Å²) in [6, 6.07) is 18.1. The Hall–Kier alpha value is -3.34. The minimum absolute atomic E-state index is 0.0191. The minimum Gasteiger partial charge on any atom is -0.486 e. The van der Waals surface area contributed by atoms with Crippen molar-refractivity contribution in [3.8, 4) is 5.75 Å². The fraction of sp³-hybridized carbons (Fsp3) is 0.438. The molecule has 0 aliphatic carbocycles. The van der Waals surface area contributed by atoms with Crippen LogP contribution in [0.15, 0.2) is 54.6 Å². The molecule has 0 radical (unpaired) electrons. The first-order valence-corrected chi connectivity index (χ1v) is 13.5. The number of carboxylic acids is 1. The van der Waals surface area contributed by atoms with Crippen molar-refractivity contribution >= 4 is 11.8 Å². The van der Waals surface area contributed by atoms with Gasteiger partial charge in [-0.15, -0.1) is 0 Å². The summed E-state index contributed by atoms with van der Waals surface area (Å²) in [5.41, 5.74) is 5.78. The van der Waals surface area contributed by atoms with Crippen LogP contribution in [0.25, 0.3) is 0 Å². The lowest BCUT2D eigenvalue weighted by atomic mass is 9.98. The zero-order chi connectivity index (χ0) is 26.9. The molecule has 0 fully saturated rings. The van der Waals surface area contributed by atoms with Crippen molar-refractivity contribution in [2.75, 3.05) is 0 Å². The van der Waals surface area contributed by atoms with Crippen molar-refractivity contribution in [1.82, 2.24) is 4.57 Å². The van der Waals surface area contributed by atoms with Gasteiger partial charge in [0.25, 0.3) is 0 Å². The van der Waals surface area contributed by atoms with Crippen molar-refractivity contribution in [1.29, 1.82) is 0 Å². The van der Waals surface area contributed by atoms with Crippen LogP contribution in [0.3, 0.4) is 0 Å². The fourth-order valence-electron chi connectivity index (χ4n) is 4.89. The molecule has 1 atom stereocenters. The Morgan fingerprint density at radius 1 is 1.00 bits per heavy atom. The number of carbonyl (C=O) groups excluding carboxylic acids is 1. The molecule has 1 unspecified atom stereocenters. The van der Waals surface area contributed by atoms with Gasteiger partial charge < -0.3 is 14.4 Å². The molecule has 0 amide bonds. The maximum atomic E-state index is 13.4. The van der Waals surface area contributed by atoms with E-state index in [0.29, 0.717) is 29.9 Å². The van der Waals surface area contributed by atoms with Crippen LogP contribution in [-0.4, -0.2) is 21.4 Å². The molecule has 3 rings (SSSR count). The highest BCUT2D eigenvalue weighted by Gasteiger charge is 2.20. The van der Waals surface area contributed by atoms with E-state index in [1.807, 2.05) is 48.9 Å². The summed E-state index contributed by atoms with van der Waals surface area (Å²) in [7, 11) is 1.95. The molecule has 1 heterocycles. The quantitative estimate of drug-likeness (QED) is 0.234. The number of benzene rings is 2. The number of carboxylic acid groups (broad SMARTS) is 1. The Labute approximate surface area is 221 Å². The van der Waals surface area contributed by atoms with Crippen LogP contribution in [0.1, 0.15) is 97.9 Å². The molecule has 5 heteroatoms. The average molecular weight is 504 g/mol. The second-order valence-electron chi connectivity index (χ2n) is 10.2. The van der Waals surface area contributed by atoms with E-state index in [0.717, 1.165) is 42.8 Å². The molecule has 2 aromatic carbocycles. The smallest absolute Gasteiger partial charge is 0.303 e. The van der Waals surface area contributed by atoms with Crippen LogP contribution in [0, 0.1) is 5.92 Å². The molecule has 0 saturated heterocycles. The van der Waals surface area contributed by atoms with Gasteiger partial charge in [-0.05, 0) is 79.5 Å². The molecular weight excluding hydrogens is 462 g/mol. The number of aliphatic carboxylic acids is 1. The highest BCUT2D eigenvalue weighted by Crippen LogP contribution is 2.28. The van der Waals surface area contributed by atoms with Crippen LogP contribution >= 0.6 is 0 Å². The number of ether oxygens (including phenoxy) is 1. The van der Waals surface area contributed by atoms with Gasteiger partial charge in [-0.1, -0.05) is 58.4 Å². The van der Waals surface area contributed by atoms with Crippen LogP contribution in [0.4, 0.5) is 0 Å². The molecule has 5 nitrogen and oxygen atoms in total. The number of nitrogens with zero attached hydrogens (tertiary/aromatic N) is 1. The van der Waals surface area contributed by atoms with Crippen LogP contribution in [0.2, 0.25) is 0 Å². The molecular formula is C32H41NO4. The predicted molar refractivity (Wildman–Crippen MR) is 149 cm³/mol. The standard InChI is InChI=1S/C32H41NO4/c1-6-9-30(24-14-12-23(13-15-24)20-22(3)4)37-27-18-16-25(17-19-27)32(36)28-21-26(10-8-11-31(34)35)33(5)29(28)7-2/h12-19,21-22,30H,6-11,20H2,1-5H3,(H,34,35). The summed E-state index contributed by atoms with van der Waals surface area (Å²) in [5, 5.41) is 8.94. The normalized spacial score (nSPS) is 12.1. The first kappa shape index (κ1) is 28.2. The van der Waals surface area contributed by atoms with Crippen molar-refractivity contribution in [3.63, 3.8) is 0 Å². The molecule has 0 spiro atoms. The van der Waals surface area contributed by atoms with E-state index in [2.05, 4.69) is 45.0 Å². The first-order chi connectivity index (χ1) is 17.7. The molecule has 0 bridgehead atoms. The number of ketones is 1. The summed E-state index contributed by atoms with van der Waals surface area (Å²) in [5.74, 6) is 0.559. The van der Waals surface area contributed by atoms with E-state index in [1.54, 1.807) is 0 Å². The first-order valence-electron chi connectivity index (χ1n) is 13.5. The lowest BCUT2D eigenvalue weighted by molar-refractivity contribution is -0.137. The Bertz CT molecular complexity index is 1170. The number of rotatable bonds is 14. The number of hydrogen-bond donors (Lipinski definition) is 1. The lowest BCUT2D eigenvalue weighted by Crippen LogP contribution is -2.09. The van der Waals surface area contributed by atoms with Gasteiger partial charge in [-0.25, -0.2) is 0 Å². The Kier molecular flexibility index (Phi) is 10.1. The van der Waals surface area contributed by atoms with Gasteiger partial charge in [0.2, 0.25) is 0 Å². The highest BCUT2D eigenvalue weighted by molar-refractivity contribution is 6.10. The van der Waals surface area contributed by atoms with Crippen molar-refractivity contribution in [2.45, 2.75) is 78.7 Å². The van der Waals surface area contributed by atoms with Crippen molar-refractivity contribution in [2.24, 2.45) is 13.0 Å². The lowest BCUT2D eigenvalue weighted by Gasteiger charge is -2.20. The second-order valence-corrected chi connectivity index (χ2v) is 10.2. The summed E-state index contributed by atoms with van der Waals surface area (Å²) in [6.45, 7) is 8.65. The number of aromatic nitrogens is 1. The molecule has 0 aliphatic rings. The topological polar surface area (TPSA) is 68.5 Å². The molecule has 198 valence electrons. The number of hydrogen-bond acceptors (Lipinski definition) is 3. The summed E-state index contributed by atoms with van der Waals surface area (Å²) in [6.07, 6.45) is 5.00. The van der Waals surface area contributed by atoms with E-state index >= 15 is 0 Å². The third-order valence-electron chi connectivity index (χ3n) is 6.80. The maximum absolute atomic E-state index is 13.4. The molecule has 0 aliphatic heterocycles. The zero-order valence-corrected chi connectivity index (χ0v) is 22.9. The molecule has 37 heavy (non-hydrogen) atoms. The highest BCUT2D eigenvalue weighted by atomic mass is 16.5. The Morgan fingerprint density at radius 2 is 1.68 bits per heavy atom. The zero-order valence-electron chi connectivity index (χ0n) is 22.9. The Morgan fingerprint density at radius 3 is 2.24 bits per heavy atom. The maximum Gasteiger partial charge on any atom is 0.303 e. The van der Waals surface area contributed by atoms with E-state index in [9.17, 15) is 9.59 Å². The third kappa shape index (κ3) is 7.58. The second kappa shape index (κ2) is 13.3. The van der Waals surface area contributed by atoms with Gasteiger partial charge in [-0.2, -0.15) is 0 Å². The largest absolute Gasteiger partial charge is 0.486 e. The molecule has 1 N–H and O–H groups in total. The van der Waals surface area contributed by atoms with E-state index in [4.69, 9.17) is 9.84 Å². The van der Waals surface area contributed by atoms with Crippen molar-refractivity contribution < 1.29 is 19.4 Å². The summed E-state index contributed by atoms with van der Waals surface area (Å²) < 4.78 is 8.41. The van der Waals surface area contributed by atoms with E-state index < -0.39 is 5.97 Å². The van der Waals surface area contributed by atoms with Crippen LogP contribution in [0.5, 0.6) is 5.75 Å². The summed E-state index contributed by atoms with van der Waals surface area (Å²) in [4.78, 5) is 24.3. The van der Waals surface area contributed by atoms with Gasteiger partial charge in [0.15, 0.2) is 5.78 Å². The molecule has 1 aromatic heterocycles. The average Bonchev–Trinajstić information content (AvgIpc) is 3.18. The van der Waals surface area contributed by atoms with E-state index in [1.165, 1.54) is 11.1 Å². The third-order valence-corrected chi connectivity index (χ3v) is 6.80. The van der Waals surface area contributed by atoms with Crippen LogP contribution < -0.4 is 4.74 Å². The Balaban J connectivity index is 1.74. The number of carbonyl (C=O) groups is 2. The monoisotopic (exact) mass is 503 g/mol. The van der Waals surface area contributed by atoms with Crippen LogP contribution in [-0.2, 0) is 31.1 Å². The summed E-state index contributed by atoms with van der Waals surface area (Å²) >= 11 is 0.